The third-order valence-corrected chi connectivity index (χ3v) is 4.82. The van der Waals surface area contributed by atoms with Gasteiger partial charge in [0.2, 0.25) is 0 Å². The Labute approximate surface area is 143 Å². The molecular weight excluding hydrogens is 304 g/mol. The molecule has 23 heavy (non-hydrogen) atoms. The van der Waals surface area contributed by atoms with Crippen molar-refractivity contribution in [2.24, 2.45) is 0 Å². The van der Waals surface area contributed by atoms with Crippen molar-refractivity contribution in [3.05, 3.63) is 34.3 Å². The van der Waals surface area contributed by atoms with Crippen LogP contribution >= 0.6 is 11.3 Å². The number of nitrogens with zero attached hydrogens (tertiary/aromatic N) is 1. The number of nitrogens with one attached hydrogen (secondary N) is 1. The second-order valence-corrected chi connectivity index (χ2v) is 8.95. The van der Waals surface area contributed by atoms with Crippen LogP contribution in [0.1, 0.15) is 58.4 Å². The molecule has 2 rings (SSSR count). The number of benzene rings is 1. The van der Waals surface area contributed by atoms with Gasteiger partial charge in [-0.05, 0) is 30.0 Å². The molecule has 0 aliphatic carbocycles. The maximum atomic E-state index is 10.8. The standard InChI is InChI=1S/C19H28N2OS/c1-18(2,3)14-8-12(9-15(16(14)22)19(4,5)6)17-21-13(10-20-7)11-23-17/h8-9,11,20,22H,10H2,1-7H3. The molecule has 0 radical (unpaired) electrons. The number of thiazole rings is 1. The molecular formula is C19H28N2OS. The van der Waals surface area contributed by atoms with E-state index in [1.165, 1.54) is 0 Å². The molecule has 1 aromatic carbocycles. The Kier molecular flexibility index (Phi) is 4.88. The lowest BCUT2D eigenvalue weighted by Gasteiger charge is -2.28. The van der Waals surface area contributed by atoms with Crippen molar-refractivity contribution in [2.75, 3.05) is 7.05 Å². The van der Waals surface area contributed by atoms with Gasteiger partial charge in [-0.3, -0.25) is 0 Å². The molecule has 0 spiro atoms. The highest BCUT2D eigenvalue weighted by atomic mass is 32.1. The summed E-state index contributed by atoms with van der Waals surface area (Å²) in [7, 11) is 1.93. The van der Waals surface area contributed by atoms with E-state index in [0.717, 1.165) is 33.9 Å². The number of hydrogen-bond donors (Lipinski definition) is 2. The van der Waals surface area contributed by atoms with E-state index in [1.54, 1.807) is 11.3 Å². The molecule has 0 saturated carbocycles. The summed E-state index contributed by atoms with van der Waals surface area (Å²) in [5, 5.41) is 17.0. The maximum Gasteiger partial charge on any atom is 0.123 e. The van der Waals surface area contributed by atoms with Gasteiger partial charge >= 0.3 is 0 Å². The van der Waals surface area contributed by atoms with Crippen LogP contribution in [-0.4, -0.2) is 17.1 Å². The first kappa shape index (κ1) is 18.0. The van der Waals surface area contributed by atoms with Crippen LogP contribution in [-0.2, 0) is 17.4 Å². The molecule has 126 valence electrons. The summed E-state index contributed by atoms with van der Waals surface area (Å²) in [5.41, 5.74) is 3.85. The van der Waals surface area contributed by atoms with Crippen LogP contribution < -0.4 is 5.32 Å². The highest BCUT2D eigenvalue weighted by Gasteiger charge is 2.27. The van der Waals surface area contributed by atoms with Gasteiger partial charge in [0, 0.05) is 28.6 Å². The fraction of sp³-hybridized carbons (Fsp3) is 0.526. The molecule has 0 atom stereocenters. The highest BCUT2D eigenvalue weighted by Crippen LogP contribution is 2.42. The molecule has 0 aliphatic rings. The van der Waals surface area contributed by atoms with Crippen LogP contribution in [0, 0.1) is 0 Å². The topological polar surface area (TPSA) is 45.1 Å². The van der Waals surface area contributed by atoms with E-state index in [9.17, 15) is 5.11 Å². The summed E-state index contributed by atoms with van der Waals surface area (Å²) in [6, 6.07) is 4.18. The number of aromatic nitrogens is 1. The van der Waals surface area contributed by atoms with Crippen LogP contribution in [0.25, 0.3) is 10.6 Å². The molecule has 0 fully saturated rings. The first-order chi connectivity index (χ1) is 10.5. The lowest BCUT2D eigenvalue weighted by molar-refractivity contribution is 0.423. The minimum Gasteiger partial charge on any atom is -0.507 e. The molecule has 0 aliphatic heterocycles. The lowest BCUT2D eigenvalue weighted by atomic mass is 9.78. The van der Waals surface area contributed by atoms with Crippen LogP contribution in [0.3, 0.4) is 0 Å². The molecule has 4 heteroatoms. The molecule has 0 amide bonds. The molecule has 1 heterocycles. The minimum absolute atomic E-state index is 0.120. The summed E-state index contributed by atoms with van der Waals surface area (Å²) in [5.74, 6) is 0.417. The normalized spacial score (nSPS) is 12.7. The van der Waals surface area contributed by atoms with E-state index in [1.807, 2.05) is 7.05 Å². The number of phenols is 1. The van der Waals surface area contributed by atoms with Crippen molar-refractivity contribution in [3.8, 4) is 16.3 Å². The molecule has 0 bridgehead atoms. The zero-order valence-electron chi connectivity index (χ0n) is 15.2. The quantitative estimate of drug-likeness (QED) is 0.846. The Balaban J connectivity index is 2.64. The van der Waals surface area contributed by atoms with Crippen LogP contribution in [0.4, 0.5) is 0 Å². The lowest BCUT2D eigenvalue weighted by Crippen LogP contribution is -2.17. The predicted octanol–water partition coefficient (Wildman–Crippen LogP) is 4.83. The number of aromatic hydroxyl groups is 1. The first-order valence-corrected chi connectivity index (χ1v) is 8.89. The summed E-state index contributed by atoms with van der Waals surface area (Å²) < 4.78 is 0. The number of rotatable bonds is 3. The maximum absolute atomic E-state index is 10.8. The number of phenolic OH excluding ortho intramolecular Hbond substituents is 1. The SMILES string of the molecule is CNCc1csc(-c2cc(C(C)(C)C)c(O)c(C(C)(C)C)c2)n1. The predicted molar refractivity (Wildman–Crippen MR) is 99.4 cm³/mol. The van der Waals surface area contributed by atoms with Gasteiger partial charge in [0.15, 0.2) is 0 Å². The monoisotopic (exact) mass is 332 g/mol. The molecule has 2 aromatic rings. The van der Waals surface area contributed by atoms with E-state index in [0.29, 0.717) is 5.75 Å². The summed E-state index contributed by atoms with van der Waals surface area (Å²) in [4.78, 5) is 4.72. The summed E-state index contributed by atoms with van der Waals surface area (Å²) in [6.45, 7) is 13.6. The average molecular weight is 333 g/mol. The second kappa shape index (κ2) is 6.25. The van der Waals surface area contributed by atoms with Crippen molar-refractivity contribution in [3.63, 3.8) is 0 Å². The summed E-state index contributed by atoms with van der Waals surface area (Å²) in [6.07, 6.45) is 0. The molecule has 2 N–H and O–H groups in total. The van der Waals surface area contributed by atoms with Gasteiger partial charge in [-0.2, -0.15) is 0 Å². The molecule has 0 unspecified atom stereocenters. The van der Waals surface area contributed by atoms with Crippen molar-refractivity contribution in [2.45, 2.75) is 58.9 Å². The molecule has 0 saturated heterocycles. The van der Waals surface area contributed by atoms with E-state index in [2.05, 4.69) is 64.4 Å². The smallest absolute Gasteiger partial charge is 0.123 e. The Morgan fingerprint density at radius 2 is 1.57 bits per heavy atom. The van der Waals surface area contributed by atoms with Crippen molar-refractivity contribution >= 4 is 11.3 Å². The van der Waals surface area contributed by atoms with Gasteiger partial charge in [0.25, 0.3) is 0 Å². The minimum atomic E-state index is -0.120. The van der Waals surface area contributed by atoms with Crippen LogP contribution in [0.5, 0.6) is 5.75 Å². The van der Waals surface area contributed by atoms with Gasteiger partial charge in [0.05, 0.1) is 5.69 Å². The Bertz CT molecular complexity index is 655. The van der Waals surface area contributed by atoms with E-state index < -0.39 is 0 Å². The van der Waals surface area contributed by atoms with Crippen LogP contribution in [0.2, 0.25) is 0 Å². The fourth-order valence-electron chi connectivity index (χ4n) is 2.60. The van der Waals surface area contributed by atoms with Crippen molar-refractivity contribution in [1.29, 1.82) is 0 Å². The van der Waals surface area contributed by atoms with Gasteiger partial charge in [0.1, 0.15) is 10.8 Å². The van der Waals surface area contributed by atoms with E-state index >= 15 is 0 Å². The van der Waals surface area contributed by atoms with E-state index in [4.69, 9.17) is 4.98 Å². The Morgan fingerprint density at radius 3 is 2.00 bits per heavy atom. The molecule has 1 aromatic heterocycles. The Hall–Kier alpha value is -1.39. The fourth-order valence-corrected chi connectivity index (χ4v) is 3.41. The third kappa shape index (κ3) is 3.93. The number of hydrogen-bond acceptors (Lipinski definition) is 4. The Morgan fingerprint density at radius 1 is 1.04 bits per heavy atom. The molecule has 3 nitrogen and oxygen atoms in total. The average Bonchev–Trinajstić information content (AvgIpc) is 2.85. The summed E-state index contributed by atoms with van der Waals surface area (Å²) >= 11 is 1.65. The van der Waals surface area contributed by atoms with Gasteiger partial charge in [-0.25, -0.2) is 4.98 Å². The zero-order valence-corrected chi connectivity index (χ0v) is 16.1. The van der Waals surface area contributed by atoms with E-state index in [-0.39, 0.29) is 10.8 Å². The highest BCUT2D eigenvalue weighted by molar-refractivity contribution is 7.13. The van der Waals surface area contributed by atoms with Gasteiger partial charge < -0.3 is 10.4 Å². The third-order valence-electron chi connectivity index (χ3n) is 3.88. The van der Waals surface area contributed by atoms with Crippen molar-refractivity contribution in [1.82, 2.24) is 10.3 Å². The second-order valence-electron chi connectivity index (χ2n) is 8.09. The van der Waals surface area contributed by atoms with Gasteiger partial charge in [-0.1, -0.05) is 41.5 Å². The first-order valence-electron chi connectivity index (χ1n) is 8.01. The van der Waals surface area contributed by atoms with Crippen molar-refractivity contribution < 1.29 is 5.11 Å². The largest absolute Gasteiger partial charge is 0.507 e. The van der Waals surface area contributed by atoms with Gasteiger partial charge in [-0.15, -0.1) is 11.3 Å². The zero-order chi connectivity index (χ0) is 17.4. The van der Waals surface area contributed by atoms with Crippen LogP contribution in [0.15, 0.2) is 17.5 Å².